The van der Waals surface area contributed by atoms with Gasteiger partial charge in [-0.3, -0.25) is 9.78 Å². The molecule has 0 atom stereocenters. The van der Waals surface area contributed by atoms with Gasteiger partial charge in [0.1, 0.15) is 4.88 Å². The molecule has 0 unspecified atom stereocenters. The molecule has 2 aromatic heterocycles. The lowest BCUT2D eigenvalue weighted by atomic mass is 10.1. The Balaban J connectivity index is 1.91. The van der Waals surface area contributed by atoms with E-state index in [0.717, 1.165) is 35.0 Å². The highest BCUT2D eigenvalue weighted by molar-refractivity contribution is 7.13. The molecule has 0 fully saturated rings. The normalized spacial score (nSPS) is 10.9. The van der Waals surface area contributed by atoms with Gasteiger partial charge in [0.2, 0.25) is 0 Å². The Morgan fingerprint density at radius 2 is 2.00 bits per heavy atom. The van der Waals surface area contributed by atoms with Crippen LogP contribution in [-0.2, 0) is 12.8 Å². The zero-order valence-corrected chi connectivity index (χ0v) is 14.1. The van der Waals surface area contributed by atoms with Crippen LogP contribution in [0.2, 0.25) is 0 Å². The summed E-state index contributed by atoms with van der Waals surface area (Å²) in [5.41, 5.74) is 2.05. The summed E-state index contributed by atoms with van der Waals surface area (Å²) in [6, 6.07) is 4.02. The van der Waals surface area contributed by atoms with Crippen molar-refractivity contribution in [2.45, 2.75) is 19.8 Å². The maximum absolute atomic E-state index is 12.2. The third-order valence-electron chi connectivity index (χ3n) is 3.27. The largest absolute Gasteiger partial charge is 0.350 e. The molecule has 2 aromatic rings. The Bertz CT molecular complexity index is 610. The lowest BCUT2D eigenvalue weighted by molar-refractivity contribution is 0.0954. The molecule has 5 nitrogen and oxygen atoms in total. The van der Waals surface area contributed by atoms with Gasteiger partial charge in [-0.15, -0.1) is 11.3 Å². The van der Waals surface area contributed by atoms with Crippen molar-refractivity contribution < 1.29 is 4.79 Å². The number of aryl methyl sites for hydroxylation is 3. The first-order chi connectivity index (χ1) is 10.6. The van der Waals surface area contributed by atoms with E-state index in [9.17, 15) is 4.79 Å². The van der Waals surface area contributed by atoms with E-state index >= 15 is 0 Å². The molecule has 6 heteroatoms. The Kier molecular flexibility index (Phi) is 6.03. The summed E-state index contributed by atoms with van der Waals surface area (Å²) in [6.07, 6.45) is 5.36. The highest BCUT2D eigenvalue weighted by Crippen LogP contribution is 2.19. The molecule has 0 spiro atoms. The molecular formula is C16H22N4OS. The number of nitrogens with one attached hydrogen (secondary N) is 1. The second kappa shape index (κ2) is 8.00. The Labute approximate surface area is 135 Å². The smallest absolute Gasteiger partial charge is 0.263 e. The van der Waals surface area contributed by atoms with Gasteiger partial charge in [0, 0.05) is 31.9 Å². The van der Waals surface area contributed by atoms with Crippen molar-refractivity contribution >= 4 is 17.2 Å². The predicted octanol–water partition coefficient (Wildman–Crippen LogP) is 1.92. The average molecular weight is 318 g/mol. The minimum atomic E-state index is -0.0213. The lowest BCUT2D eigenvalue weighted by Crippen LogP contribution is -2.31. The van der Waals surface area contributed by atoms with Crippen molar-refractivity contribution in [2.75, 3.05) is 27.2 Å². The van der Waals surface area contributed by atoms with Gasteiger partial charge < -0.3 is 10.2 Å². The first kappa shape index (κ1) is 16.6. The highest BCUT2D eigenvalue weighted by atomic mass is 32.1. The van der Waals surface area contributed by atoms with Crippen LogP contribution in [0.25, 0.3) is 0 Å². The summed E-state index contributed by atoms with van der Waals surface area (Å²) in [6.45, 7) is 3.38. The lowest BCUT2D eigenvalue weighted by Gasteiger charge is -2.09. The van der Waals surface area contributed by atoms with Gasteiger partial charge in [0.15, 0.2) is 0 Å². The number of thiazole rings is 1. The molecule has 22 heavy (non-hydrogen) atoms. The molecule has 1 amide bonds. The van der Waals surface area contributed by atoms with Gasteiger partial charge in [-0.25, -0.2) is 4.98 Å². The van der Waals surface area contributed by atoms with Gasteiger partial charge >= 0.3 is 0 Å². The van der Waals surface area contributed by atoms with Crippen LogP contribution in [0.4, 0.5) is 0 Å². The third kappa shape index (κ3) is 4.89. The predicted molar refractivity (Wildman–Crippen MR) is 89.4 cm³/mol. The average Bonchev–Trinajstić information content (AvgIpc) is 2.87. The van der Waals surface area contributed by atoms with E-state index in [1.807, 2.05) is 38.1 Å². The summed E-state index contributed by atoms with van der Waals surface area (Å²) < 4.78 is 0. The van der Waals surface area contributed by atoms with Gasteiger partial charge in [0.25, 0.3) is 5.91 Å². The minimum Gasteiger partial charge on any atom is -0.350 e. The Hall–Kier alpha value is -1.79. The van der Waals surface area contributed by atoms with Crippen LogP contribution in [0.1, 0.15) is 25.9 Å². The molecule has 0 aliphatic heterocycles. The molecule has 0 bridgehead atoms. The molecule has 2 heterocycles. The Morgan fingerprint density at radius 1 is 1.27 bits per heavy atom. The van der Waals surface area contributed by atoms with Crippen LogP contribution in [0, 0.1) is 6.92 Å². The van der Waals surface area contributed by atoms with Gasteiger partial charge in [-0.1, -0.05) is 0 Å². The molecule has 0 saturated heterocycles. The van der Waals surface area contributed by atoms with Crippen molar-refractivity contribution in [3.8, 4) is 0 Å². The number of hydrogen-bond donors (Lipinski definition) is 1. The molecule has 118 valence electrons. The van der Waals surface area contributed by atoms with Crippen molar-refractivity contribution in [2.24, 2.45) is 0 Å². The minimum absolute atomic E-state index is 0.0213. The van der Waals surface area contributed by atoms with E-state index in [1.54, 1.807) is 12.4 Å². The zero-order valence-electron chi connectivity index (χ0n) is 13.3. The number of carbonyl (C=O) groups is 1. The van der Waals surface area contributed by atoms with Crippen molar-refractivity contribution in [1.29, 1.82) is 0 Å². The quantitative estimate of drug-likeness (QED) is 0.847. The van der Waals surface area contributed by atoms with Crippen LogP contribution in [0.3, 0.4) is 0 Å². The van der Waals surface area contributed by atoms with Crippen LogP contribution in [0.5, 0.6) is 0 Å². The standard InChI is InChI=1S/C16H22N4OS/c1-12-15(16(21)18-10-11-20(2)3)22-14(19-12)5-4-13-6-8-17-9-7-13/h6-9H,4-5,10-11H2,1-3H3,(H,18,21). The summed E-state index contributed by atoms with van der Waals surface area (Å²) in [5.74, 6) is -0.0213. The van der Waals surface area contributed by atoms with E-state index in [2.05, 4.69) is 15.3 Å². The zero-order chi connectivity index (χ0) is 15.9. The monoisotopic (exact) mass is 318 g/mol. The van der Waals surface area contributed by atoms with E-state index in [4.69, 9.17) is 0 Å². The van der Waals surface area contributed by atoms with Gasteiger partial charge in [-0.2, -0.15) is 0 Å². The van der Waals surface area contributed by atoms with Crippen molar-refractivity contribution in [1.82, 2.24) is 20.2 Å². The fraction of sp³-hybridized carbons (Fsp3) is 0.438. The van der Waals surface area contributed by atoms with Crippen LogP contribution < -0.4 is 5.32 Å². The van der Waals surface area contributed by atoms with E-state index < -0.39 is 0 Å². The molecule has 0 aliphatic carbocycles. The molecule has 0 aliphatic rings. The molecule has 0 aromatic carbocycles. The first-order valence-electron chi connectivity index (χ1n) is 7.34. The fourth-order valence-electron chi connectivity index (χ4n) is 2.04. The number of pyridine rings is 1. The summed E-state index contributed by atoms with van der Waals surface area (Å²) in [7, 11) is 3.97. The second-order valence-electron chi connectivity index (χ2n) is 5.44. The number of rotatable bonds is 7. The molecule has 2 rings (SSSR count). The maximum atomic E-state index is 12.2. The highest BCUT2D eigenvalue weighted by Gasteiger charge is 2.14. The number of carbonyl (C=O) groups excluding carboxylic acids is 1. The SMILES string of the molecule is Cc1nc(CCc2ccncc2)sc1C(=O)NCCN(C)C. The van der Waals surface area contributed by atoms with Crippen LogP contribution in [0.15, 0.2) is 24.5 Å². The van der Waals surface area contributed by atoms with E-state index in [0.29, 0.717) is 6.54 Å². The van der Waals surface area contributed by atoms with Crippen molar-refractivity contribution in [3.05, 3.63) is 45.7 Å². The number of nitrogens with zero attached hydrogens (tertiary/aromatic N) is 3. The number of likely N-dealkylation sites (N-methyl/N-ethyl adjacent to an activating group) is 1. The van der Waals surface area contributed by atoms with Crippen LogP contribution >= 0.6 is 11.3 Å². The maximum Gasteiger partial charge on any atom is 0.263 e. The first-order valence-corrected chi connectivity index (χ1v) is 8.16. The van der Waals surface area contributed by atoms with Gasteiger partial charge in [-0.05, 0) is 45.1 Å². The van der Waals surface area contributed by atoms with E-state index in [1.165, 1.54) is 16.9 Å². The molecule has 0 saturated carbocycles. The van der Waals surface area contributed by atoms with Crippen LogP contribution in [-0.4, -0.2) is 48.0 Å². The summed E-state index contributed by atoms with van der Waals surface area (Å²) in [4.78, 5) is 23.5. The van der Waals surface area contributed by atoms with E-state index in [-0.39, 0.29) is 5.91 Å². The summed E-state index contributed by atoms with van der Waals surface area (Å²) in [5, 5.41) is 3.95. The number of aromatic nitrogens is 2. The topological polar surface area (TPSA) is 58.1 Å². The Morgan fingerprint density at radius 3 is 2.68 bits per heavy atom. The molecular weight excluding hydrogens is 296 g/mol. The summed E-state index contributed by atoms with van der Waals surface area (Å²) >= 11 is 1.49. The molecule has 0 radical (unpaired) electrons. The third-order valence-corrected chi connectivity index (χ3v) is 4.48. The van der Waals surface area contributed by atoms with Crippen molar-refractivity contribution in [3.63, 3.8) is 0 Å². The molecule has 1 N–H and O–H groups in total. The number of amides is 1. The number of hydrogen-bond acceptors (Lipinski definition) is 5. The van der Waals surface area contributed by atoms with Gasteiger partial charge in [0.05, 0.1) is 10.7 Å². The second-order valence-corrected chi connectivity index (χ2v) is 6.52. The fourth-order valence-corrected chi connectivity index (χ4v) is 3.02.